The molecule has 2 rings (SSSR count). The van der Waals surface area contributed by atoms with Crippen molar-refractivity contribution in [3.63, 3.8) is 0 Å². The number of rotatable bonds is 5. The van der Waals surface area contributed by atoms with Crippen LogP contribution in [0.3, 0.4) is 0 Å². The van der Waals surface area contributed by atoms with Gasteiger partial charge in [0.05, 0.1) is 6.10 Å². The fraction of sp³-hybridized carbons (Fsp3) is 0.533. The highest BCUT2D eigenvalue weighted by molar-refractivity contribution is 6.35. The number of hydrogen-bond donors (Lipinski definition) is 2. The summed E-state index contributed by atoms with van der Waals surface area (Å²) in [7, 11) is 0. The Morgan fingerprint density at radius 2 is 2.05 bits per heavy atom. The Bertz CT molecular complexity index is 502. The van der Waals surface area contributed by atoms with Crippen molar-refractivity contribution in [2.24, 2.45) is 11.7 Å². The summed E-state index contributed by atoms with van der Waals surface area (Å²) >= 11 is 12.0. The molecule has 1 heterocycles. The number of aliphatic hydroxyl groups is 1. The number of amides is 1. The first-order valence-electron chi connectivity index (χ1n) is 7.09. The van der Waals surface area contributed by atoms with E-state index < -0.39 is 6.10 Å². The number of hydrogen-bond acceptors (Lipinski definition) is 3. The van der Waals surface area contributed by atoms with Crippen molar-refractivity contribution in [2.45, 2.75) is 25.4 Å². The molecule has 1 atom stereocenters. The largest absolute Gasteiger partial charge is 0.387 e. The average Bonchev–Trinajstić information content (AvgIpc) is 2.40. The van der Waals surface area contributed by atoms with Gasteiger partial charge in [0, 0.05) is 28.6 Å². The van der Waals surface area contributed by atoms with E-state index in [1.54, 1.807) is 18.2 Å². The van der Waals surface area contributed by atoms with Crippen LogP contribution in [0.15, 0.2) is 18.2 Å². The van der Waals surface area contributed by atoms with E-state index in [1.165, 1.54) is 0 Å². The van der Waals surface area contributed by atoms with Gasteiger partial charge in [0.15, 0.2) is 0 Å². The molecule has 1 amide bonds. The van der Waals surface area contributed by atoms with Crippen LogP contribution in [0.1, 0.15) is 30.9 Å². The summed E-state index contributed by atoms with van der Waals surface area (Å²) in [5.74, 6) is 0.136. The first kappa shape index (κ1) is 16.6. The van der Waals surface area contributed by atoms with Gasteiger partial charge in [-0.1, -0.05) is 29.3 Å². The fourth-order valence-corrected chi connectivity index (χ4v) is 3.31. The number of benzene rings is 1. The lowest BCUT2D eigenvalue weighted by Crippen LogP contribution is -2.37. The van der Waals surface area contributed by atoms with Crippen LogP contribution in [0.5, 0.6) is 0 Å². The smallest absolute Gasteiger partial charge is 0.217 e. The second-order valence-electron chi connectivity index (χ2n) is 5.60. The number of piperidine rings is 1. The predicted octanol–water partition coefficient (Wildman–Crippen LogP) is 2.61. The Balaban J connectivity index is 1.86. The summed E-state index contributed by atoms with van der Waals surface area (Å²) in [5.41, 5.74) is 5.92. The molecule has 0 saturated carbocycles. The van der Waals surface area contributed by atoms with Gasteiger partial charge >= 0.3 is 0 Å². The van der Waals surface area contributed by atoms with Crippen molar-refractivity contribution < 1.29 is 9.90 Å². The fourth-order valence-electron chi connectivity index (χ4n) is 2.77. The molecule has 1 aromatic rings. The quantitative estimate of drug-likeness (QED) is 0.872. The molecule has 1 fully saturated rings. The van der Waals surface area contributed by atoms with E-state index in [4.69, 9.17) is 28.9 Å². The topological polar surface area (TPSA) is 66.6 Å². The molecule has 0 aromatic heterocycles. The van der Waals surface area contributed by atoms with Crippen LogP contribution in [-0.4, -0.2) is 35.5 Å². The maximum Gasteiger partial charge on any atom is 0.217 e. The van der Waals surface area contributed by atoms with Gasteiger partial charge in [-0.3, -0.25) is 4.79 Å². The summed E-state index contributed by atoms with van der Waals surface area (Å²) in [6, 6.07) is 5.13. The third-order valence-electron chi connectivity index (χ3n) is 3.95. The van der Waals surface area contributed by atoms with Crippen molar-refractivity contribution in [3.8, 4) is 0 Å². The molecule has 6 heteroatoms. The van der Waals surface area contributed by atoms with E-state index in [1.807, 2.05) is 0 Å². The minimum absolute atomic E-state index is 0.235. The van der Waals surface area contributed by atoms with Crippen molar-refractivity contribution in [1.82, 2.24) is 4.90 Å². The number of aliphatic hydroxyl groups excluding tert-OH is 1. The highest BCUT2D eigenvalue weighted by Crippen LogP contribution is 2.28. The number of carbonyl (C=O) groups is 1. The Morgan fingerprint density at radius 1 is 1.38 bits per heavy atom. The zero-order valence-corrected chi connectivity index (χ0v) is 13.3. The molecule has 1 saturated heterocycles. The van der Waals surface area contributed by atoms with E-state index in [0.29, 0.717) is 34.5 Å². The lowest BCUT2D eigenvalue weighted by Gasteiger charge is -2.32. The Kier molecular flexibility index (Phi) is 5.88. The van der Waals surface area contributed by atoms with Crippen LogP contribution >= 0.6 is 23.2 Å². The molecule has 1 unspecified atom stereocenters. The van der Waals surface area contributed by atoms with Gasteiger partial charge in [-0.2, -0.15) is 0 Å². The van der Waals surface area contributed by atoms with Crippen LogP contribution in [0.25, 0.3) is 0 Å². The van der Waals surface area contributed by atoms with Crippen LogP contribution < -0.4 is 5.73 Å². The van der Waals surface area contributed by atoms with Crippen molar-refractivity contribution >= 4 is 29.1 Å². The standard InChI is InChI=1S/C15H20Cl2N2O2/c16-11-1-2-12(13(17)8-11)14(20)9-19-5-3-10(4-6-19)7-15(18)21/h1-2,8,10,14,20H,3-7,9H2,(H2,18,21). The zero-order valence-electron chi connectivity index (χ0n) is 11.8. The predicted molar refractivity (Wildman–Crippen MR) is 84.4 cm³/mol. The molecule has 116 valence electrons. The summed E-state index contributed by atoms with van der Waals surface area (Å²) in [6.45, 7) is 2.26. The summed E-state index contributed by atoms with van der Waals surface area (Å²) in [5, 5.41) is 11.4. The number of likely N-dealkylation sites (tertiary alicyclic amines) is 1. The molecule has 3 N–H and O–H groups in total. The SMILES string of the molecule is NC(=O)CC1CCN(CC(O)c2ccc(Cl)cc2Cl)CC1. The van der Waals surface area contributed by atoms with Crippen LogP contribution in [0.2, 0.25) is 10.0 Å². The third-order valence-corrected chi connectivity index (χ3v) is 4.51. The molecule has 0 radical (unpaired) electrons. The zero-order chi connectivity index (χ0) is 15.4. The molecule has 0 aliphatic carbocycles. The first-order valence-corrected chi connectivity index (χ1v) is 7.85. The number of primary amides is 1. The second-order valence-corrected chi connectivity index (χ2v) is 6.44. The summed E-state index contributed by atoms with van der Waals surface area (Å²) < 4.78 is 0. The molecule has 0 bridgehead atoms. The lowest BCUT2D eigenvalue weighted by molar-refractivity contribution is -0.119. The first-order chi connectivity index (χ1) is 9.95. The number of β-amino-alcohol motifs (C(OH)–C–C–N with tert-alkyl or cyclic N) is 1. The maximum absolute atomic E-state index is 10.9. The highest BCUT2D eigenvalue weighted by Gasteiger charge is 2.23. The van der Waals surface area contributed by atoms with E-state index in [0.717, 1.165) is 25.9 Å². The van der Waals surface area contributed by atoms with Crippen molar-refractivity contribution in [2.75, 3.05) is 19.6 Å². The van der Waals surface area contributed by atoms with E-state index in [-0.39, 0.29) is 5.91 Å². The van der Waals surface area contributed by atoms with E-state index >= 15 is 0 Å². The summed E-state index contributed by atoms with van der Waals surface area (Å²) in [6.07, 6.45) is 1.69. The average molecular weight is 331 g/mol. The molecule has 1 aliphatic rings. The lowest BCUT2D eigenvalue weighted by atomic mass is 9.93. The molecule has 4 nitrogen and oxygen atoms in total. The molecule has 0 spiro atoms. The van der Waals surface area contributed by atoms with Gasteiger partial charge in [-0.05, 0) is 44.0 Å². The molecule has 1 aromatic carbocycles. The molecule has 1 aliphatic heterocycles. The number of nitrogens with zero attached hydrogens (tertiary/aromatic N) is 1. The minimum Gasteiger partial charge on any atom is -0.387 e. The van der Waals surface area contributed by atoms with Gasteiger partial charge in [0.1, 0.15) is 0 Å². The van der Waals surface area contributed by atoms with Crippen LogP contribution in [0.4, 0.5) is 0 Å². The highest BCUT2D eigenvalue weighted by atomic mass is 35.5. The van der Waals surface area contributed by atoms with Gasteiger partial charge in [0.2, 0.25) is 5.91 Å². The van der Waals surface area contributed by atoms with E-state index in [2.05, 4.69) is 4.90 Å². The van der Waals surface area contributed by atoms with Gasteiger partial charge in [0.25, 0.3) is 0 Å². The monoisotopic (exact) mass is 330 g/mol. The maximum atomic E-state index is 10.9. The van der Waals surface area contributed by atoms with Gasteiger partial charge < -0.3 is 15.7 Å². The van der Waals surface area contributed by atoms with Crippen LogP contribution in [-0.2, 0) is 4.79 Å². The number of halogens is 2. The number of carbonyl (C=O) groups excluding carboxylic acids is 1. The van der Waals surface area contributed by atoms with E-state index in [9.17, 15) is 9.90 Å². The Hall–Kier alpha value is -0.810. The minimum atomic E-state index is -0.637. The van der Waals surface area contributed by atoms with Crippen molar-refractivity contribution in [3.05, 3.63) is 33.8 Å². The number of nitrogens with two attached hydrogens (primary N) is 1. The molecular formula is C15H20Cl2N2O2. The van der Waals surface area contributed by atoms with Crippen molar-refractivity contribution in [1.29, 1.82) is 0 Å². The molecule has 21 heavy (non-hydrogen) atoms. The van der Waals surface area contributed by atoms with Gasteiger partial charge in [-0.25, -0.2) is 0 Å². The normalized spacial score (nSPS) is 18.6. The van der Waals surface area contributed by atoms with Crippen LogP contribution in [0, 0.1) is 5.92 Å². The van der Waals surface area contributed by atoms with Gasteiger partial charge in [-0.15, -0.1) is 0 Å². The second kappa shape index (κ2) is 7.45. The third kappa shape index (κ3) is 4.85. The Labute approximate surface area is 134 Å². The molecular weight excluding hydrogens is 311 g/mol. The Morgan fingerprint density at radius 3 is 2.62 bits per heavy atom. The summed E-state index contributed by atoms with van der Waals surface area (Å²) in [4.78, 5) is 13.1.